The zero-order valence-corrected chi connectivity index (χ0v) is 11.6. The lowest BCUT2D eigenvalue weighted by Gasteiger charge is -1.98. The van der Waals surface area contributed by atoms with Gasteiger partial charge in [-0.2, -0.15) is 4.57 Å². The number of aromatic nitrogens is 1. The van der Waals surface area contributed by atoms with E-state index >= 15 is 0 Å². The van der Waals surface area contributed by atoms with Crippen molar-refractivity contribution in [3.05, 3.63) is 47.1 Å². The first-order valence-electron chi connectivity index (χ1n) is 5.45. The molecule has 2 nitrogen and oxygen atoms in total. The van der Waals surface area contributed by atoms with Crippen LogP contribution in [0, 0.1) is 6.92 Å². The Bertz CT molecular complexity index is 456. The minimum atomic E-state index is 0. The molecule has 1 heterocycles. The van der Waals surface area contributed by atoms with E-state index in [1.165, 1.54) is 11.3 Å². The Hall–Kier alpha value is -1.06. The third-order valence-corrected chi connectivity index (χ3v) is 3.47. The van der Waals surface area contributed by atoms with Crippen LogP contribution in [0.1, 0.15) is 18.2 Å². The second-order valence-corrected chi connectivity index (χ2v) is 4.46. The molecule has 0 aliphatic rings. The van der Waals surface area contributed by atoms with Crippen LogP contribution in [0.5, 0.6) is 5.06 Å². The second kappa shape index (κ2) is 6.62. The summed E-state index contributed by atoms with van der Waals surface area (Å²) in [6, 6.07) is 10.5. The number of ether oxygens (including phenoxy) is 1. The van der Waals surface area contributed by atoms with Crippen LogP contribution in [0.3, 0.4) is 0 Å². The normalized spacial score (nSPS) is 9.76. The van der Waals surface area contributed by atoms with Crippen LogP contribution >= 0.6 is 11.3 Å². The number of hydrogen-bond donors (Lipinski definition) is 0. The van der Waals surface area contributed by atoms with Crippen molar-refractivity contribution >= 4 is 11.3 Å². The van der Waals surface area contributed by atoms with E-state index in [9.17, 15) is 0 Å². The van der Waals surface area contributed by atoms with E-state index in [2.05, 4.69) is 41.3 Å². The van der Waals surface area contributed by atoms with Gasteiger partial charge in [0.1, 0.15) is 0 Å². The molecule has 0 aliphatic carbocycles. The highest BCUT2D eigenvalue weighted by atomic mass is 35.5. The Labute approximate surface area is 112 Å². The van der Waals surface area contributed by atoms with Gasteiger partial charge in [0.2, 0.25) is 16.3 Å². The van der Waals surface area contributed by atoms with Crippen molar-refractivity contribution in [1.29, 1.82) is 0 Å². The molecule has 92 valence electrons. The first-order chi connectivity index (χ1) is 7.81. The van der Waals surface area contributed by atoms with Crippen molar-refractivity contribution in [2.24, 2.45) is 0 Å². The molecule has 17 heavy (non-hydrogen) atoms. The Morgan fingerprint density at radius 1 is 1.24 bits per heavy atom. The molecule has 0 atom stereocenters. The molecule has 0 fully saturated rings. The first-order valence-corrected chi connectivity index (χ1v) is 6.33. The van der Waals surface area contributed by atoms with Gasteiger partial charge in [-0.3, -0.25) is 0 Å². The number of benzene rings is 1. The van der Waals surface area contributed by atoms with E-state index in [-0.39, 0.29) is 12.4 Å². The van der Waals surface area contributed by atoms with Crippen molar-refractivity contribution in [3.8, 4) is 5.06 Å². The summed E-state index contributed by atoms with van der Waals surface area (Å²) in [5, 5.41) is 1.03. The molecular weight excluding hydrogens is 254 g/mol. The molecule has 0 bridgehead atoms. The van der Waals surface area contributed by atoms with Crippen molar-refractivity contribution in [1.82, 2.24) is 0 Å². The molecule has 0 N–H and O–H groups in total. The maximum Gasteiger partial charge on any atom is 0.247 e. The Kier molecular flexibility index (Phi) is 5.45. The van der Waals surface area contributed by atoms with Crippen molar-refractivity contribution in [3.63, 3.8) is 0 Å². The predicted molar refractivity (Wildman–Crippen MR) is 66.0 cm³/mol. The van der Waals surface area contributed by atoms with E-state index in [4.69, 9.17) is 4.74 Å². The summed E-state index contributed by atoms with van der Waals surface area (Å²) < 4.78 is 7.78. The third-order valence-electron chi connectivity index (χ3n) is 2.48. The fourth-order valence-electron chi connectivity index (χ4n) is 1.60. The molecule has 2 aromatic rings. The molecule has 2 rings (SSSR count). The summed E-state index contributed by atoms with van der Waals surface area (Å²) >= 11 is 1.66. The second-order valence-electron chi connectivity index (χ2n) is 3.64. The van der Waals surface area contributed by atoms with E-state index in [1.807, 2.05) is 13.0 Å². The van der Waals surface area contributed by atoms with E-state index in [0.717, 1.165) is 18.2 Å². The van der Waals surface area contributed by atoms with Gasteiger partial charge in [0.05, 0.1) is 6.61 Å². The van der Waals surface area contributed by atoms with Gasteiger partial charge < -0.3 is 17.1 Å². The van der Waals surface area contributed by atoms with Crippen LogP contribution in [0.4, 0.5) is 0 Å². The molecule has 0 aliphatic heterocycles. The Morgan fingerprint density at radius 3 is 2.59 bits per heavy atom. The number of rotatable bonds is 4. The summed E-state index contributed by atoms with van der Waals surface area (Å²) in [5.74, 6) is 0. The van der Waals surface area contributed by atoms with Gasteiger partial charge in [-0.25, -0.2) is 0 Å². The van der Waals surface area contributed by atoms with Gasteiger partial charge in [-0.05, 0) is 18.3 Å². The van der Waals surface area contributed by atoms with Gasteiger partial charge >= 0.3 is 0 Å². The van der Waals surface area contributed by atoms with E-state index in [1.54, 1.807) is 11.3 Å². The highest BCUT2D eigenvalue weighted by molar-refractivity contribution is 7.11. The van der Waals surface area contributed by atoms with Crippen molar-refractivity contribution in [2.45, 2.75) is 20.4 Å². The van der Waals surface area contributed by atoms with Gasteiger partial charge in [-0.1, -0.05) is 30.3 Å². The van der Waals surface area contributed by atoms with Gasteiger partial charge in [0.25, 0.3) is 0 Å². The molecule has 0 radical (unpaired) electrons. The summed E-state index contributed by atoms with van der Waals surface area (Å²) in [4.78, 5) is 0. The van der Waals surface area contributed by atoms with Crippen LogP contribution in [0.15, 0.2) is 35.8 Å². The highest BCUT2D eigenvalue weighted by Gasteiger charge is 2.16. The zero-order chi connectivity index (χ0) is 11.4. The van der Waals surface area contributed by atoms with Gasteiger partial charge in [0, 0.05) is 12.5 Å². The molecule has 0 saturated heterocycles. The summed E-state index contributed by atoms with van der Waals surface area (Å²) in [5.41, 5.74) is 4.64. The van der Waals surface area contributed by atoms with Crippen LogP contribution in [0.2, 0.25) is 0 Å². The fourth-order valence-corrected chi connectivity index (χ4v) is 2.53. The lowest BCUT2D eigenvalue weighted by molar-refractivity contribution is -0.689. The maximum absolute atomic E-state index is 5.55. The number of thiazole rings is 1. The predicted octanol–water partition coefficient (Wildman–Crippen LogP) is -0.205. The Morgan fingerprint density at radius 2 is 1.94 bits per heavy atom. The topological polar surface area (TPSA) is 13.1 Å². The summed E-state index contributed by atoms with van der Waals surface area (Å²) in [7, 11) is 0. The van der Waals surface area contributed by atoms with Gasteiger partial charge in [-0.15, -0.1) is 0 Å². The van der Waals surface area contributed by atoms with Crippen molar-refractivity contribution < 1.29 is 21.7 Å². The molecule has 0 saturated carbocycles. The summed E-state index contributed by atoms with van der Waals surface area (Å²) in [6.07, 6.45) is 0. The van der Waals surface area contributed by atoms with Gasteiger partial charge in [0.15, 0.2) is 6.54 Å². The minimum absolute atomic E-state index is 0. The third kappa shape index (κ3) is 3.45. The van der Waals surface area contributed by atoms with E-state index < -0.39 is 0 Å². The fraction of sp³-hybridized carbons (Fsp3) is 0.308. The lowest BCUT2D eigenvalue weighted by atomic mass is 10.2. The smallest absolute Gasteiger partial charge is 0.247 e. The highest BCUT2D eigenvalue weighted by Crippen LogP contribution is 2.21. The number of hydrogen-bond acceptors (Lipinski definition) is 2. The number of nitrogens with zero attached hydrogens (tertiary/aromatic N) is 1. The SMILES string of the molecule is CCOc1sc[n+](Cc2ccccc2)c1C.[Cl-]. The molecule has 0 spiro atoms. The monoisotopic (exact) mass is 269 g/mol. The van der Waals surface area contributed by atoms with Crippen LogP contribution in [-0.2, 0) is 6.54 Å². The average molecular weight is 270 g/mol. The van der Waals surface area contributed by atoms with Crippen LogP contribution in [0.25, 0.3) is 0 Å². The standard InChI is InChI=1S/C13H16NOS.ClH/c1-3-15-13-11(2)14(10-16-13)9-12-7-5-4-6-8-12;/h4-8,10H,3,9H2,1-2H3;1H/q+1;/p-1. The average Bonchev–Trinajstić information content (AvgIpc) is 2.64. The number of halogens is 1. The molecule has 4 heteroatoms. The molecule has 1 aromatic heterocycles. The molecule has 0 unspecified atom stereocenters. The van der Waals surface area contributed by atoms with E-state index in [0.29, 0.717) is 0 Å². The minimum Gasteiger partial charge on any atom is -1.00 e. The lowest BCUT2D eigenvalue weighted by Crippen LogP contribution is -3.00. The molecule has 1 aromatic carbocycles. The maximum atomic E-state index is 5.55. The largest absolute Gasteiger partial charge is 1.00 e. The first kappa shape index (κ1) is 14.0. The summed E-state index contributed by atoms with van der Waals surface area (Å²) in [6.45, 7) is 5.76. The zero-order valence-electron chi connectivity index (χ0n) is 10.0. The Balaban J connectivity index is 0.00000144. The van der Waals surface area contributed by atoms with Crippen molar-refractivity contribution in [2.75, 3.05) is 6.61 Å². The van der Waals surface area contributed by atoms with Crippen LogP contribution < -0.4 is 21.7 Å². The quantitative estimate of drug-likeness (QED) is 0.701. The molecule has 0 amide bonds. The molecular formula is C13H16ClNOS. The van der Waals surface area contributed by atoms with Crippen LogP contribution in [-0.4, -0.2) is 6.61 Å².